The summed E-state index contributed by atoms with van der Waals surface area (Å²) in [4.78, 5) is 0. The average Bonchev–Trinajstić information content (AvgIpc) is 2.89. The van der Waals surface area contributed by atoms with Gasteiger partial charge in [-0.05, 0) is 36.3 Å². The summed E-state index contributed by atoms with van der Waals surface area (Å²) in [6, 6.07) is 6.04. The molecule has 1 fully saturated rings. The fraction of sp³-hybridized carbons (Fsp3) is 0.375. The highest BCUT2D eigenvalue weighted by Gasteiger charge is 2.42. The maximum absolute atomic E-state index is 6.10. The van der Waals surface area contributed by atoms with Gasteiger partial charge in [-0.15, -0.1) is 0 Å². The first-order chi connectivity index (χ1) is 9.67. The van der Waals surface area contributed by atoms with Gasteiger partial charge in [-0.3, -0.25) is 0 Å². The van der Waals surface area contributed by atoms with E-state index in [1.807, 2.05) is 18.2 Å². The molecule has 20 heavy (non-hydrogen) atoms. The Morgan fingerprint density at radius 1 is 1.25 bits per heavy atom. The Morgan fingerprint density at radius 3 is 2.85 bits per heavy atom. The topological polar surface area (TPSA) is 27.7 Å². The summed E-state index contributed by atoms with van der Waals surface area (Å²) in [7, 11) is 0. The van der Waals surface area contributed by atoms with E-state index >= 15 is 0 Å². The molecule has 1 spiro atoms. The van der Waals surface area contributed by atoms with Crippen LogP contribution in [0, 0.1) is 0 Å². The van der Waals surface area contributed by atoms with Crippen LogP contribution in [0.2, 0.25) is 0 Å². The number of fused-ring (bicyclic) bond motifs is 2. The molecular weight excluding hydrogens is 320 g/mol. The molecule has 0 unspecified atom stereocenters. The predicted octanol–water partition coefficient (Wildman–Crippen LogP) is 3.69. The number of rotatable bonds is 0. The van der Waals surface area contributed by atoms with Crippen LogP contribution in [0.4, 0.5) is 0 Å². The van der Waals surface area contributed by atoms with Gasteiger partial charge in [0.05, 0.1) is 13.2 Å². The molecule has 1 aromatic carbocycles. The van der Waals surface area contributed by atoms with E-state index in [0.29, 0.717) is 13.2 Å². The molecule has 3 aliphatic rings. The van der Waals surface area contributed by atoms with E-state index in [1.54, 1.807) is 0 Å². The van der Waals surface area contributed by atoms with Gasteiger partial charge >= 0.3 is 0 Å². The maximum atomic E-state index is 6.10. The van der Waals surface area contributed by atoms with Gasteiger partial charge in [0.1, 0.15) is 11.9 Å². The summed E-state index contributed by atoms with van der Waals surface area (Å²) in [5.41, 5.74) is 3.15. The molecule has 0 bridgehead atoms. The summed E-state index contributed by atoms with van der Waals surface area (Å²) in [6.07, 6.45) is 3.86. The van der Waals surface area contributed by atoms with Gasteiger partial charge in [0.15, 0.2) is 5.79 Å². The number of halogens is 1. The van der Waals surface area contributed by atoms with Crippen molar-refractivity contribution in [2.45, 2.75) is 24.7 Å². The molecule has 1 saturated heterocycles. The van der Waals surface area contributed by atoms with Crippen LogP contribution in [0.25, 0.3) is 5.57 Å². The van der Waals surface area contributed by atoms with Crippen molar-refractivity contribution in [3.8, 4) is 5.75 Å². The van der Waals surface area contributed by atoms with Crippen LogP contribution in [0.15, 0.2) is 40.9 Å². The van der Waals surface area contributed by atoms with E-state index in [-0.39, 0.29) is 6.10 Å². The second-order valence-electron chi connectivity index (χ2n) is 5.37. The number of hydrogen-bond acceptors (Lipinski definition) is 3. The predicted molar refractivity (Wildman–Crippen MR) is 79.5 cm³/mol. The first-order valence-electron chi connectivity index (χ1n) is 6.83. The Balaban J connectivity index is 1.79. The highest BCUT2D eigenvalue weighted by Crippen LogP contribution is 2.45. The molecule has 4 rings (SSSR count). The molecule has 2 aliphatic heterocycles. The molecule has 0 radical (unpaired) electrons. The lowest BCUT2D eigenvalue weighted by atomic mass is 9.83. The normalized spacial score (nSPS) is 26.8. The molecule has 3 nitrogen and oxygen atoms in total. The van der Waals surface area contributed by atoms with E-state index < -0.39 is 5.79 Å². The number of hydrogen-bond donors (Lipinski definition) is 0. The summed E-state index contributed by atoms with van der Waals surface area (Å²) in [5, 5.41) is 0. The first-order valence-corrected chi connectivity index (χ1v) is 7.63. The van der Waals surface area contributed by atoms with Crippen molar-refractivity contribution in [3.05, 3.63) is 46.5 Å². The van der Waals surface area contributed by atoms with Gasteiger partial charge in [-0.25, -0.2) is 0 Å². The van der Waals surface area contributed by atoms with Crippen LogP contribution in [-0.4, -0.2) is 25.1 Å². The van der Waals surface area contributed by atoms with Crippen LogP contribution in [-0.2, 0) is 9.47 Å². The molecule has 0 saturated carbocycles. The van der Waals surface area contributed by atoms with Crippen molar-refractivity contribution in [2.75, 3.05) is 13.2 Å². The second kappa shape index (κ2) is 4.45. The monoisotopic (exact) mass is 334 g/mol. The van der Waals surface area contributed by atoms with E-state index in [9.17, 15) is 0 Å². The largest absolute Gasteiger partial charge is 0.485 e. The second-order valence-corrected chi connectivity index (χ2v) is 6.29. The SMILES string of the molecule is C=C1C2=CC3(CC[C@H]2Oc2ccc(Br)cc21)OCCO3. The van der Waals surface area contributed by atoms with Crippen molar-refractivity contribution in [2.24, 2.45) is 0 Å². The summed E-state index contributed by atoms with van der Waals surface area (Å²) in [5.74, 6) is 0.353. The first kappa shape index (κ1) is 12.6. The molecule has 1 atom stereocenters. The van der Waals surface area contributed by atoms with Gasteiger partial charge in [-0.2, -0.15) is 0 Å². The zero-order chi connectivity index (χ0) is 13.7. The van der Waals surface area contributed by atoms with Gasteiger partial charge in [0, 0.05) is 22.0 Å². The lowest BCUT2D eigenvalue weighted by molar-refractivity contribution is -0.130. The third-order valence-electron chi connectivity index (χ3n) is 4.14. The standard InChI is InChI=1S/C16H15BrO3/c1-10-12-8-11(17)2-3-14(12)20-15-4-5-16(9-13(10)15)18-6-7-19-16/h2-3,8-9,15H,1,4-7H2/t15-/m1/s1. The molecular formula is C16H15BrO3. The highest BCUT2D eigenvalue weighted by atomic mass is 79.9. The minimum Gasteiger partial charge on any atom is -0.485 e. The van der Waals surface area contributed by atoms with Crippen molar-refractivity contribution >= 4 is 21.5 Å². The fourth-order valence-electron chi connectivity index (χ4n) is 3.14. The summed E-state index contributed by atoms with van der Waals surface area (Å²) in [6.45, 7) is 5.57. The Morgan fingerprint density at radius 2 is 2.05 bits per heavy atom. The number of ether oxygens (including phenoxy) is 3. The van der Waals surface area contributed by atoms with Gasteiger partial charge < -0.3 is 14.2 Å². The van der Waals surface area contributed by atoms with Crippen LogP contribution >= 0.6 is 15.9 Å². The zero-order valence-corrected chi connectivity index (χ0v) is 12.6. The quantitative estimate of drug-likeness (QED) is 0.724. The van der Waals surface area contributed by atoms with Crippen LogP contribution < -0.4 is 4.74 Å². The summed E-state index contributed by atoms with van der Waals surface area (Å²) >= 11 is 3.50. The van der Waals surface area contributed by atoms with Crippen LogP contribution in [0.5, 0.6) is 5.75 Å². The third-order valence-corrected chi connectivity index (χ3v) is 4.63. The molecule has 0 N–H and O–H groups in total. The van der Waals surface area contributed by atoms with Gasteiger partial charge in [-0.1, -0.05) is 22.5 Å². The minimum absolute atomic E-state index is 0.0644. The molecule has 104 valence electrons. The van der Waals surface area contributed by atoms with E-state index in [4.69, 9.17) is 14.2 Å². The zero-order valence-electron chi connectivity index (χ0n) is 11.0. The van der Waals surface area contributed by atoms with Crippen LogP contribution in [0.3, 0.4) is 0 Å². The fourth-order valence-corrected chi connectivity index (χ4v) is 3.50. The molecule has 0 amide bonds. The van der Waals surface area contributed by atoms with Gasteiger partial charge in [0.25, 0.3) is 0 Å². The minimum atomic E-state index is -0.554. The Bertz CT molecular complexity index is 614. The Hall–Kier alpha value is -1.10. The van der Waals surface area contributed by atoms with Crippen molar-refractivity contribution in [1.82, 2.24) is 0 Å². The van der Waals surface area contributed by atoms with Crippen molar-refractivity contribution in [3.63, 3.8) is 0 Å². The Kier molecular flexibility index (Phi) is 2.81. The number of benzene rings is 1. The van der Waals surface area contributed by atoms with Gasteiger partial charge in [0.2, 0.25) is 0 Å². The lowest BCUT2D eigenvalue weighted by Crippen LogP contribution is -2.38. The molecule has 1 aliphatic carbocycles. The van der Waals surface area contributed by atoms with Crippen LogP contribution in [0.1, 0.15) is 18.4 Å². The summed E-state index contributed by atoms with van der Waals surface area (Å²) < 4.78 is 18.7. The smallest absolute Gasteiger partial charge is 0.188 e. The van der Waals surface area contributed by atoms with Crippen molar-refractivity contribution in [1.29, 1.82) is 0 Å². The van der Waals surface area contributed by atoms with Crippen molar-refractivity contribution < 1.29 is 14.2 Å². The molecule has 4 heteroatoms. The molecule has 1 aromatic rings. The molecule has 0 aromatic heterocycles. The average molecular weight is 335 g/mol. The highest BCUT2D eigenvalue weighted by molar-refractivity contribution is 9.10. The van der Waals surface area contributed by atoms with E-state index in [1.165, 1.54) is 0 Å². The lowest BCUT2D eigenvalue weighted by Gasteiger charge is -2.38. The third kappa shape index (κ3) is 1.86. The Labute approximate surface area is 126 Å². The van der Waals surface area contributed by atoms with E-state index in [0.717, 1.165) is 39.8 Å². The van der Waals surface area contributed by atoms with E-state index in [2.05, 4.69) is 28.6 Å². The molecule has 2 heterocycles. The maximum Gasteiger partial charge on any atom is 0.188 e.